The zero-order valence-corrected chi connectivity index (χ0v) is 17.0. The van der Waals surface area contributed by atoms with Crippen LogP contribution in [0.2, 0.25) is 5.02 Å². The summed E-state index contributed by atoms with van der Waals surface area (Å²) in [5.41, 5.74) is 0.742. The van der Waals surface area contributed by atoms with Crippen molar-refractivity contribution in [3.05, 3.63) is 87.6 Å². The molecule has 2 aromatic carbocycles. The van der Waals surface area contributed by atoms with Crippen LogP contribution in [0.25, 0.3) is 22.4 Å². The lowest BCUT2D eigenvalue weighted by Crippen LogP contribution is -2.21. The van der Waals surface area contributed by atoms with Crippen molar-refractivity contribution in [1.82, 2.24) is 4.98 Å². The van der Waals surface area contributed by atoms with Crippen LogP contribution in [0.1, 0.15) is 10.4 Å². The van der Waals surface area contributed by atoms with Crippen LogP contribution < -0.4 is 5.32 Å². The van der Waals surface area contributed by atoms with E-state index in [-0.39, 0.29) is 22.0 Å². The molecule has 0 fully saturated rings. The highest BCUT2D eigenvalue weighted by Gasteiger charge is 2.20. The number of furan rings is 1. The van der Waals surface area contributed by atoms with Crippen LogP contribution in [-0.2, 0) is 9.53 Å². The Hall–Kier alpha value is -4.24. The van der Waals surface area contributed by atoms with Gasteiger partial charge >= 0.3 is 5.97 Å². The van der Waals surface area contributed by atoms with Gasteiger partial charge in [-0.25, -0.2) is 9.78 Å². The molecule has 0 spiro atoms. The summed E-state index contributed by atoms with van der Waals surface area (Å²) in [6.45, 7) is -0.658. The van der Waals surface area contributed by atoms with Gasteiger partial charge in [-0.05, 0) is 36.4 Å². The van der Waals surface area contributed by atoms with E-state index < -0.39 is 23.4 Å². The molecular formula is C22H14ClN3O6. The maximum absolute atomic E-state index is 12.8. The second-order valence-corrected chi connectivity index (χ2v) is 7.03. The van der Waals surface area contributed by atoms with E-state index in [4.69, 9.17) is 20.8 Å². The number of benzene rings is 2. The van der Waals surface area contributed by atoms with E-state index in [2.05, 4.69) is 10.3 Å². The SMILES string of the molecule is O=C(COC(=O)c1cc(-c2ccco2)nc2ccccc12)Nc1cc(Cl)ccc1[N+](=O)[O-]. The number of nitrogens with one attached hydrogen (secondary N) is 1. The fourth-order valence-corrected chi connectivity index (χ4v) is 3.23. The lowest BCUT2D eigenvalue weighted by molar-refractivity contribution is -0.383. The van der Waals surface area contributed by atoms with E-state index in [0.717, 1.165) is 0 Å². The number of ether oxygens (including phenoxy) is 1. The van der Waals surface area contributed by atoms with Crippen LogP contribution in [0.4, 0.5) is 11.4 Å². The monoisotopic (exact) mass is 451 g/mol. The molecule has 32 heavy (non-hydrogen) atoms. The van der Waals surface area contributed by atoms with Gasteiger partial charge in [0, 0.05) is 16.5 Å². The Bertz CT molecular complexity index is 1340. The number of amides is 1. The third-order valence-electron chi connectivity index (χ3n) is 4.47. The summed E-state index contributed by atoms with van der Waals surface area (Å²) in [6.07, 6.45) is 1.49. The molecule has 160 valence electrons. The predicted molar refractivity (Wildman–Crippen MR) is 116 cm³/mol. The normalized spacial score (nSPS) is 10.7. The summed E-state index contributed by atoms with van der Waals surface area (Å²) < 4.78 is 10.5. The molecule has 4 aromatic rings. The molecule has 0 saturated heterocycles. The van der Waals surface area contributed by atoms with Crippen molar-refractivity contribution < 1.29 is 23.7 Å². The molecule has 0 aliphatic carbocycles. The van der Waals surface area contributed by atoms with Crippen molar-refractivity contribution >= 4 is 45.8 Å². The number of carbonyl (C=O) groups excluding carboxylic acids is 2. The number of halogens is 1. The molecule has 10 heteroatoms. The summed E-state index contributed by atoms with van der Waals surface area (Å²) in [5.74, 6) is -1.05. The molecule has 0 aliphatic heterocycles. The summed E-state index contributed by atoms with van der Waals surface area (Å²) in [7, 11) is 0. The molecule has 1 amide bonds. The lowest BCUT2D eigenvalue weighted by Gasteiger charge is -2.10. The fourth-order valence-electron chi connectivity index (χ4n) is 3.06. The van der Waals surface area contributed by atoms with Gasteiger partial charge in [0.2, 0.25) is 0 Å². The highest BCUT2D eigenvalue weighted by molar-refractivity contribution is 6.31. The minimum absolute atomic E-state index is 0.0991. The third-order valence-corrected chi connectivity index (χ3v) is 4.71. The van der Waals surface area contributed by atoms with Gasteiger partial charge in [-0.2, -0.15) is 0 Å². The van der Waals surface area contributed by atoms with Gasteiger partial charge in [0.05, 0.1) is 22.3 Å². The second-order valence-electron chi connectivity index (χ2n) is 6.59. The summed E-state index contributed by atoms with van der Waals surface area (Å²) in [5, 5.41) is 14.2. The van der Waals surface area contributed by atoms with Gasteiger partial charge in [0.1, 0.15) is 11.4 Å². The summed E-state index contributed by atoms with van der Waals surface area (Å²) in [4.78, 5) is 40.0. The van der Waals surface area contributed by atoms with Crippen LogP contribution in [0, 0.1) is 10.1 Å². The Balaban J connectivity index is 1.54. The number of carbonyl (C=O) groups is 2. The third kappa shape index (κ3) is 4.42. The molecule has 2 heterocycles. The molecular weight excluding hydrogens is 438 g/mol. The Morgan fingerprint density at radius 2 is 1.94 bits per heavy atom. The highest BCUT2D eigenvalue weighted by atomic mass is 35.5. The number of nitrogens with zero attached hydrogens (tertiary/aromatic N) is 2. The molecule has 0 unspecified atom stereocenters. The maximum Gasteiger partial charge on any atom is 0.339 e. The van der Waals surface area contributed by atoms with Crippen molar-refractivity contribution in [2.24, 2.45) is 0 Å². The minimum Gasteiger partial charge on any atom is -0.463 e. The van der Waals surface area contributed by atoms with Gasteiger partial charge in [-0.1, -0.05) is 29.8 Å². The van der Waals surface area contributed by atoms with Crippen LogP contribution in [0.5, 0.6) is 0 Å². The Labute approximate surface area is 185 Å². The number of anilines is 1. The molecule has 0 bridgehead atoms. The first-order chi connectivity index (χ1) is 15.4. The molecule has 4 rings (SSSR count). The van der Waals surface area contributed by atoms with Crippen molar-refractivity contribution in [3.8, 4) is 11.5 Å². The molecule has 0 radical (unpaired) electrons. The zero-order valence-electron chi connectivity index (χ0n) is 16.3. The van der Waals surface area contributed by atoms with E-state index in [1.807, 2.05) is 0 Å². The molecule has 2 aromatic heterocycles. The molecule has 9 nitrogen and oxygen atoms in total. The number of nitro groups is 1. The first-order valence-corrected chi connectivity index (χ1v) is 9.65. The number of nitro benzene ring substituents is 1. The standard InChI is InChI=1S/C22H14ClN3O6/c23-13-7-8-19(26(29)30)17(10-13)25-21(27)12-32-22(28)15-11-18(20-6-3-9-31-20)24-16-5-2-1-4-14(15)16/h1-11H,12H2,(H,25,27). The second kappa shape index (κ2) is 8.86. The molecule has 0 atom stereocenters. The maximum atomic E-state index is 12.8. The van der Waals surface area contributed by atoms with E-state index in [1.54, 1.807) is 36.4 Å². The first kappa shape index (κ1) is 21.0. The molecule has 0 aliphatic rings. The summed E-state index contributed by atoms with van der Waals surface area (Å²) >= 11 is 5.85. The average Bonchev–Trinajstić information content (AvgIpc) is 3.31. The topological polar surface area (TPSA) is 125 Å². The first-order valence-electron chi connectivity index (χ1n) is 9.27. The fraction of sp³-hybridized carbons (Fsp3) is 0.0455. The van der Waals surface area contributed by atoms with Crippen LogP contribution in [-0.4, -0.2) is 28.4 Å². The van der Waals surface area contributed by atoms with Crippen molar-refractivity contribution in [2.75, 3.05) is 11.9 Å². The van der Waals surface area contributed by atoms with Crippen molar-refractivity contribution in [3.63, 3.8) is 0 Å². The number of hydrogen-bond donors (Lipinski definition) is 1. The van der Waals surface area contributed by atoms with Crippen molar-refractivity contribution in [2.45, 2.75) is 0 Å². The minimum atomic E-state index is -0.757. The molecule has 0 saturated carbocycles. The average molecular weight is 452 g/mol. The number of pyridine rings is 1. The lowest BCUT2D eigenvalue weighted by atomic mass is 10.1. The predicted octanol–water partition coefficient (Wildman–Crippen LogP) is 4.85. The number of esters is 1. The molecule has 1 N–H and O–H groups in total. The Kier molecular flexibility index (Phi) is 5.82. The largest absolute Gasteiger partial charge is 0.463 e. The van der Waals surface area contributed by atoms with Crippen LogP contribution in [0.3, 0.4) is 0 Å². The van der Waals surface area contributed by atoms with Gasteiger partial charge < -0.3 is 14.5 Å². The number of aromatic nitrogens is 1. The van der Waals surface area contributed by atoms with E-state index in [1.165, 1.54) is 30.5 Å². The van der Waals surface area contributed by atoms with Crippen LogP contribution in [0.15, 0.2) is 71.3 Å². The Morgan fingerprint density at radius 1 is 1.12 bits per heavy atom. The smallest absolute Gasteiger partial charge is 0.339 e. The van der Waals surface area contributed by atoms with E-state index >= 15 is 0 Å². The number of para-hydroxylation sites is 1. The Morgan fingerprint density at radius 3 is 2.69 bits per heavy atom. The van der Waals surface area contributed by atoms with Gasteiger partial charge in [0.25, 0.3) is 11.6 Å². The highest BCUT2D eigenvalue weighted by Crippen LogP contribution is 2.28. The van der Waals surface area contributed by atoms with E-state index in [9.17, 15) is 19.7 Å². The number of rotatable bonds is 6. The van der Waals surface area contributed by atoms with Gasteiger partial charge in [0.15, 0.2) is 12.4 Å². The zero-order chi connectivity index (χ0) is 22.7. The van der Waals surface area contributed by atoms with Gasteiger partial charge in [-0.15, -0.1) is 0 Å². The number of fused-ring (bicyclic) bond motifs is 1. The quantitative estimate of drug-likeness (QED) is 0.252. The van der Waals surface area contributed by atoms with E-state index in [0.29, 0.717) is 22.4 Å². The van der Waals surface area contributed by atoms with Crippen LogP contribution >= 0.6 is 11.6 Å². The van der Waals surface area contributed by atoms with Gasteiger partial charge in [-0.3, -0.25) is 14.9 Å². The summed E-state index contributed by atoms with van der Waals surface area (Å²) in [6, 6.07) is 15.6. The number of hydrogen-bond acceptors (Lipinski definition) is 7. The van der Waals surface area contributed by atoms with Crippen molar-refractivity contribution in [1.29, 1.82) is 0 Å².